The minimum absolute atomic E-state index is 0.0250. The highest BCUT2D eigenvalue weighted by Gasteiger charge is 2.23. The third kappa shape index (κ3) is 5.81. The number of phenolic OH excluding ortho intramolecular Hbond substituents is 1. The molecule has 4 rings (SSSR count). The van der Waals surface area contributed by atoms with Crippen molar-refractivity contribution >= 4 is 27.5 Å². The second-order valence-corrected chi connectivity index (χ2v) is 10.4. The standard InChI is InChI=1S/C26H27N3O5S/c1-18-16-21(8-11-24(18)20-4-3-5-23(30)17-20)26(32)29-14-12-28(13-15-29)22-9-6-19(7-10-22)25(31)27-35(2,33)34/h3-11,16-17,30H,12-15H2,1-2H3,(H,27,31). The molecule has 1 saturated heterocycles. The third-order valence-corrected chi connectivity index (χ3v) is 6.53. The summed E-state index contributed by atoms with van der Waals surface area (Å²) in [6.07, 6.45) is 0.935. The van der Waals surface area contributed by atoms with Crippen molar-refractivity contribution in [2.24, 2.45) is 0 Å². The molecule has 35 heavy (non-hydrogen) atoms. The van der Waals surface area contributed by atoms with Crippen LogP contribution in [-0.2, 0) is 10.0 Å². The van der Waals surface area contributed by atoms with E-state index in [2.05, 4.69) is 4.90 Å². The lowest BCUT2D eigenvalue weighted by molar-refractivity contribution is 0.0746. The zero-order valence-electron chi connectivity index (χ0n) is 19.6. The Hall–Kier alpha value is -3.85. The zero-order valence-corrected chi connectivity index (χ0v) is 20.4. The number of nitrogens with one attached hydrogen (secondary N) is 1. The normalized spacial score (nSPS) is 14.0. The van der Waals surface area contributed by atoms with Gasteiger partial charge in [-0.1, -0.05) is 18.2 Å². The van der Waals surface area contributed by atoms with E-state index in [1.807, 2.05) is 40.8 Å². The van der Waals surface area contributed by atoms with Crippen molar-refractivity contribution in [3.63, 3.8) is 0 Å². The first-order valence-electron chi connectivity index (χ1n) is 11.2. The van der Waals surface area contributed by atoms with Crippen LogP contribution in [0.4, 0.5) is 5.69 Å². The topological polar surface area (TPSA) is 107 Å². The Morgan fingerprint density at radius 2 is 1.54 bits per heavy atom. The number of hydrogen-bond acceptors (Lipinski definition) is 6. The van der Waals surface area contributed by atoms with Crippen molar-refractivity contribution < 1.29 is 23.1 Å². The van der Waals surface area contributed by atoms with Gasteiger partial charge < -0.3 is 14.9 Å². The van der Waals surface area contributed by atoms with Gasteiger partial charge in [0.2, 0.25) is 10.0 Å². The minimum atomic E-state index is -3.62. The van der Waals surface area contributed by atoms with Crippen molar-refractivity contribution in [1.29, 1.82) is 0 Å². The van der Waals surface area contributed by atoms with Crippen LogP contribution >= 0.6 is 0 Å². The van der Waals surface area contributed by atoms with E-state index in [-0.39, 0.29) is 17.2 Å². The van der Waals surface area contributed by atoms with E-state index in [1.54, 1.807) is 42.5 Å². The van der Waals surface area contributed by atoms with Crippen LogP contribution in [0.5, 0.6) is 5.75 Å². The molecule has 2 N–H and O–H groups in total. The fraction of sp³-hybridized carbons (Fsp3) is 0.231. The maximum absolute atomic E-state index is 13.1. The zero-order chi connectivity index (χ0) is 25.2. The summed E-state index contributed by atoms with van der Waals surface area (Å²) in [5, 5.41) is 9.76. The number of anilines is 1. The molecule has 182 valence electrons. The van der Waals surface area contributed by atoms with Gasteiger partial charge in [0.15, 0.2) is 0 Å². The summed E-state index contributed by atoms with van der Waals surface area (Å²) in [6.45, 7) is 4.35. The van der Waals surface area contributed by atoms with Gasteiger partial charge >= 0.3 is 0 Å². The highest BCUT2D eigenvalue weighted by Crippen LogP contribution is 2.27. The number of aryl methyl sites for hydroxylation is 1. The fourth-order valence-electron chi connectivity index (χ4n) is 4.20. The first-order chi connectivity index (χ1) is 16.6. The molecule has 1 aliphatic rings. The third-order valence-electron chi connectivity index (χ3n) is 5.97. The monoisotopic (exact) mass is 493 g/mol. The van der Waals surface area contributed by atoms with Gasteiger partial charge in [0, 0.05) is 43.0 Å². The predicted molar refractivity (Wildman–Crippen MR) is 135 cm³/mol. The van der Waals surface area contributed by atoms with Gasteiger partial charge in [0.25, 0.3) is 11.8 Å². The average Bonchev–Trinajstić information content (AvgIpc) is 2.82. The molecule has 1 aliphatic heterocycles. The SMILES string of the molecule is Cc1cc(C(=O)N2CCN(c3ccc(C(=O)NS(C)(=O)=O)cc3)CC2)ccc1-c1cccc(O)c1. The number of benzene rings is 3. The molecule has 0 aromatic heterocycles. The van der Waals surface area contributed by atoms with Crippen LogP contribution in [0.3, 0.4) is 0 Å². The first kappa shape index (κ1) is 24.3. The molecule has 0 atom stereocenters. The predicted octanol–water partition coefficient (Wildman–Crippen LogP) is 3.02. The average molecular weight is 494 g/mol. The number of carbonyl (C=O) groups excluding carboxylic acids is 2. The van der Waals surface area contributed by atoms with Gasteiger partial charge in [-0.25, -0.2) is 13.1 Å². The molecule has 2 amide bonds. The maximum atomic E-state index is 13.1. The van der Waals surface area contributed by atoms with Crippen LogP contribution < -0.4 is 9.62 Å². The van der Waals surface area contributed by atoms with Gasteiger partial charge in [-0.2, -0.15) is 0 Å². The van der Waals surface area contributed by atoms with Crippen molar-refractivity contribution in [1.82, 2.24) is 9.62 Å². The molecular formula is C26H27N3O5S. The number of nitrogens with zero attached hydrogens (tertiary/aromatic N) is 2. The largest absolute Gasteiger partial charge is 0.508 e. The van der Waals surface area contributed by atoms with Gasteiger partial charge in [-0.15, -0.1) is 0 Å². The second kappa shape index (κ2) is 9.79. The summed E-state index contributed by atoms with van der Waals surface area (Å²) in [5.74, 6) is -0.491. The molecule has 3 aromatic rings. The lowest BCUT2D eigenvalue weighted by Gasteiger charge is -2.36. The number of carbonyl (C=O) groups is 2. The minimum Gasteiger partial charge on any atom is -0.508 e. The molecule has 8 nitrogen and oxygen atoms in total. The Balaban J connectivity index is 1.38. The van der Waals surface area contributed by atoms with Crippen molar-refractivity contribution in [2.75, 3.05) is 37.3 Å². The van der Waals surface area contributed by atoms with E-state index >= 15 is 0 Å². The summed E-state index contributed by atoms with van der Waals surface area (Å²) in [7, 11) is -3.62. The van der Waals surface area contributed by atoms with E-state index in [0.717, 1.165) is 28.6 Å². The molecule has 0 spiro atoms. The van der Waals surface area contributed by atoms with E-state index in [1.165, 1.54) is 0 Å². The van der Waals surface area contributed by atoms with Crippen LogP contribution in [0.1, 0.15) is 26.3 Å². The number of rotatable bonds is 5. The summed E-state index contributed by atoms with van der Waals surface area (Å²) >= 11 is 0. The van der Waals surface area contributed by atoms with Crippen LogP contribution in [0, 0.1) is 6.92 Å². The van der Waals surface area contributed by atoms with E-state index in [0.29, 0.717) is 31.7 Å². The molecule has 9 heteroatoms. The Morgan fingerprint density at radius 1 is 0.886 bits per heavy atom. The van der Waals surface area contributed by atoms with Crippen molar-refractivity contribution in [2.45, 2.75) is 6.92 Å². The number of amides is 2. The van der Waals surface area contributed by atoms with Crippen LogP contribution in [-0.4, -0.2) is 62.7 Å². The molecule has 0 radical (unpaired) electrons. The lowest BCUT2D eigenvalue weighted by atomic mass is 9.98. The summed E-state index contributed by atoms with van der Waals surface area (Å²) in [6, 6.07) is 19.4. The van der Waals surface area contributed by atoms with Gasteiger partial charge in [0.1, 0.15) is 5.75 Å². The molecule has 1 heterocycles. The maximum Gasteiger partial charge on any atom is 0.264 e. The van der Waals surface area contributed by atoms with Crippen LogP contribution in [0.2, 0.25) is 0 Å². The molecule has 0 saturated carbocycles. The highest BCUT2D eigenvalue weighted by atomic mass is 32.2. The number of piperazine rings is 1. The number of hydrogen-bond donors (Lipinski definition) is 2. The van der Waals surface area contributed by atoms with Gasteiger partial charge in [-0.05, 0) is 72.1 Å². The Bertz CT molecular complexity index is 1360. The van der Waals surface area contributed by atoms with Crippen molar-refractivity contribution in [3.8, 4) is 16.9 Å². The summed E-state index contributed by atoms with van der Waals surface area (Å²) in [4.78, 5) is 29.0. The second-order valence-electron chi connectivity index (χ2n) is 8.61. The fourth-order valence-corrected chi connectivity index (χ4v) is 4.65. The molecule has 3 aromatic carbocycles. The Kier molecular flexibility index (Phi) is 6.79. The molecular weight excluding hydrogens is 466 g/mol. The van der Waals surface area contributed by atoms with Gasteiger partial charge in [0.05, 0.1) is 6.26 Å². The molecule has 0 aliphatic carbocycles. The number of phenols is 1. The van der Waals surface area contributed by atoms with E-state index < -0.39 is 15.9 Å². The summed E-state index contributed by atoms with van der Waals surface area (Å²) < 4.78 is 24.4. The number of aromatic hydroxyl groups is 1. The van der Waals surface area contributed by atoms with Crippen LogP contribution in [0.25, 0.3) is 11.1 Å². The quantitative estimate of drug-likeness (QED) is 0.566. The molecule has 0 unspecified atom stereocenters. The Labute approximate surface area is 204 Å². The first-order valence-corrected chi connectivity index (χ1v) is 13.1. The molecule has 0 bridgehead atoms. The number of sulfonamides is 1. The molecule has 1 fully saturated rings. The van der Waals surface area contributed by atoms with Gasteiger partial charge in [-0.3, -0.25) is 9.59 Å². The van der Waals surface area contributed by atoms with Crippen LogP contribution in [0.15, 0.2) is 66.7 Å². The van der Waals surface area contributed by atoms with Crippen molar-refractivity contribution in [3.05, 3.63) is 83.4 Å². The smallest absolute Gasteiger partial charge is 0.264 e. The summed E-state index contributed by atoms with van der Waals surface area (Å²) in [5.41, 5.74) is 4.61. The Morgan fingerprint density at radius 3 is 2.14 bits per heavy atom. The van der Waals surface area contributed by atoms with E-state index in [9.17, 15) is 23.1 Å². The lowest BCUT2D eigenvalue weighted by Crippen LogP contribution is -2.48. The van der Waals surface area contributed by atoms with E-state index in [4.69, 9.17) is 0 Å². The highest BCUT2D eigenvalue weighted by molar-refractivity contribution is 7.89.